The van der Waals surface area contributed by atoms with E-state index < -0.39 is 5.41 Å². The van der Waals surface area contributed by atoms with Gasteiger partial charge in [0.1, 0.15) is 5.82 Å². The third kappa shape index (κ3) is 4.07. The lowest BCUT2D eigenvalue weighted by Gasteiger charge is -2.26. The summed E-state index contributed by atoms with van der Waals surface area (Å²) in [5.74, 6) is -0.355. The Kier molecular flexibility index (Phi) is 5.28. The summed E-state index contributed by atoms with van der Waals surface area (Å²) in [6.45, 7) is 4.45. The van der Waals surface area contributed by atoms with Gasteiger partial charge in [0.15, 0.2) is 0 Å². The highest BCUT2D eigenvalue weighted by molar-refractivity contribution is 9.10. The molecule has 0 atom stereocenters. The molecule has 0 aromatic heterocycles. The largest absolute Gasteiger partial charge is 0.354 e. The van der Waals surface area contributed by atoms with E-state index in [1.54, 1.807) is 19.2 Å². The molecule has 0 aliphatic rings. The van der Waals surface area contributed by atoms with Crippen molar-refractivity contribution in [2.24, 2.45) is 0 Å². The second kappa shape index (κ2) is 6.29. The highest BCUT2D eigenvalue weighted by Gasteiger charge is 2.25. The van der Waals surface area contributed by atoms with Crippen molar-refractivity contribution in [1.29, 1.82) is 0 Å². The van der Waals surface area contributed by atoms with Crippen molar-refractivity contribution in [3.05, 3.63) is 34.1 Å². The number of carbonyl (C=O) groups is 1. The molecule has 18 heavy (non-hydrogen) atoms. The van der Waals surface area contributed by atoms with Crippen LogP contribution in [-0.4, -0.2) is 26.0 Å². The van der Waals surface area contributed by atoms with Crippen LogP contribution in [0.5, 0.6) is 0 Å². The first-order valence-electron chi connectivity index (χ1n) is 5.73. The molecule has 2 N–H and O–H groups in total. The van der Waals surface area contributed by atoms with E-state index in [1.165, 1.54) is 6.07 Å². The van der Waals surface area contributed by atoms with Gasteiger partial charge in [-0.2, -0.15) is 0 Å². The van der Waals surface area contributed by atoms with Crippen LogP contribution in [0.25, 0.3) is 0 Å². The van der Waals surface area contributed by atoms with E-state index in [1.807, 2.05) is 13.8 Å². The zero-order valence-electron chi connectivity index (χ0n) is 10.8. The second-order valence-corrected chi connectivity index (χ2v) is 5.73. The lowest BCUT2D eigenvalue weighted by Crippen LogP contribution is -2.40. The average molecular weight is 317 g/mol. The number of carbonyl (C=O) groups excluding carboxylic acids is 1. The van der Waals surface area contributed by atoms with E-state index >= 15 is 0 Å². The number of nitrogens with one attached hydrogen (secondary N) is 2. The van der Waals surface area contributed by atoms with Gasteiger partial charge in [-0.1, -0.05) is 29.8 Å². The van der Waals surface area contributed by atoms with Gasteiger partial charge in [0.25, 0.3) is 0 Å². The SMILES string of the molecule is CNCC(=O)NCC(C)(C)c1cc(Br)ccc1F. The minimum Gasteiger partial charge on any atom is -0.354 e. The molecular weight excluding hydrogens is 299 g/mol. The molecule has 0 heterocycles. The van der Waals surface area contributed by atoms with Crippen molar-refractivity contribution < 1.29 is 9.18 Å². The van der Waals surface area contributed by atoms with Crippen molar-refractivity contribution in [3.8, 4) is 0 Å². The second-order valence-electron chi connectivity index (χ2n) is 4.82. The molecule has 0 saturated heterocycles. The summed E-state index contributed by atoms with van der Waals surface area (Å²) in [6.07, 6.45) is 0. The molecule has 3 nitrogen and oxygen atoms in total. The Morgan fingerprint density at radius 1 is 1.44 bits per heavy atom. The van der Waals surface area contributed by atoms with Gasteiger partial charge in [-0.25, -0.2) is 4.39 Å². The predicted molar refractivity (Wildman–Crippen MR) is 74.1 cm³/mol. The van der Waals surface area contributed by atoms with Crippen LogP contribution < -0.4 is 10.6 Å². The Morgan fingerprint density at radius 2 is 2.11 bits per heavy atom. The van der Waals surface area contributed by atoms with Crippen LogP contribution in [0, 0.1) is 5.82 Å². The molecule has 1 amide bonds. The lowest BCUT2D eigenvalue weighted by molar-refractivity contribution is -0.120. The zero-order chi connectivity index (χ0) is 13.8. The van der Waals surface area contributed by atoms with Gasteiger partial charge in [-0.3, -0.25) is 4.79 Å². The van der Waals surface area contributed by atoms with E-state index in [4.69, 9.17) is 0 Å². The summed E-state index contributed by atoms with van der Waals surface area (Å²) < 4.78 is 14.6. The lowest BCUT2D eigenvalue weighted by atomic mass is 9.84. The molecule has 1 aromatic carbocycles. The maximum atomic E-state index is 13.8. The molecule has 0 aliphatic carbocycles. The van der Waals surface area contributed by atoms with E-state index in [0.717, 1.165) is 4.47 Å². The summed E-state index contributed by atoms with van der Waals surface area (Å²) >= 11 is 3.33. The fourth-order valence-electron chi connectivity index (χ4n) is 1.65. The van der Waals surface area contributed by atoms with Gasteiger partial charge < -0.3 is 10.6 Å². The van der Waals surface area contributed by atoms with Crippen molar-refractivity contribution in [2.75, 3.05) is 20.1 Å². The van der Waals surface area contributed by atoms with Gasteiger partial charge >= 0.3 is 0 Å². The van der Waals surface area contributed by atoms with Crippen molar-refractivity contribution >= 4 is 21.8 Å². The van der Waals surface area contributed by atoms with E-state index in [-0.39, 0.29) is 18.3 Å². The van der Waals surface area contributed by atoms with Gasteiger partial charge in [0.05, 0.1) is 6.54 Å². The smallest absolute Gasteiger partial charge is 0.233 e. The van der Waals surface area contributed by atoms with Gasteiger partial charge in [-0.05, 0) is 30.8 Å². The first-order chi connectivity index (χ1) is 8.36. The molecule has 1 rings (SSSR count). The van der Waals surface area contributed by atoms with Crippen LogP contribution in [0.2, 0.25) is 0 Å². The third-order valence-corrected chi connectivity index (χ3v) is 3.22. The molecule has 0 saturated carbocycles. The fourth-order valence-corrected chi connectivity index (χ4v) is 2.02. The third-order valence-electron chi connectivity index (χ3n) is 2.72. The molecule has 0 radical (unpaired) electrons. The Hall–Kier alpha value is -0.940. The minimum absolute atomic E-state index is 0.0963. The van der Waals surface area contributed by atoms with E-state index in [2.05, 4.69) is 26.6 Å². The highest BCUT2D eigenvalue weighted by Crippen LogP contribution is 2.27. The van der Waals surface area contributed by atoms with Crippen LogP contribution in [0.1, 0.15) is 19.4 Å². The molecule has 0 fully saturated rings. The Labute approximate surface area is 115 Å². The summed E-state index contributed by atoms with van der Waals surface area (Å²) in [5, 5.41) is 5.56. The number of rotatable bonds is 5. The van der Waals surface area contributed by atoms with Crippen LogP contribution >= 0.6 is 15.9 Å². The minimum atomic E-state index is -0.461. The van der Waals surface area contributed by atoms with Crippen molar-refractivity contribution in [2.45, 2.75) is 19.3 Å². The summed E-state index contributed by atoms with van der Waals surface area (Å²) in [6, 6.07) is 4.84. The number of hydrogen-bond acceptors (Lipinski definition) is 2. The van der Waals surface area contributed by atoms with E-state index in [0.29, 0.717) is 12.1 Å². The molecule has 5 heteroatoms. The number of benzene rings is 1. The highest BCUT2D eigenvalue weighted by atomic mass is 79.9. The van der Waals surface area contributed by atoms with Crippen LogP contribution in [0.15, 0.2) is 22.7 Å². The normalized spacial score (nSPS) is 11.4. The first-order valence-corrected chi connectivity index (χ1v) is 6.53. The molecule has 0 unspecified atom stereocenters. The standard InChI is InChI=1S/C13H18BrFN2O/c1-13(2,8-17-12(18)7-16-3)10-6-9(14)4-5-11(10)15/h4-6,16H,7-8H2,1-3H3,(H,17,18). The maximum Gasteiger partial charge on any atom is 0.233 e. The molecule has 1 aromatic rings. The van der Waals surface area contributed by atoms with Gasteiger partial charge in [0, 0.05) is 16.4 Å². The number of likely N-dealkylation sites (N-methyl/N-ethyl adjacent to an activating group) is 1. The zero-order valence-corrected chi connectivity index (χ0v) is 12.4. The Morgan fingerprint density at radius 3 is 2.72 bits per heavy atom. The number of amides is 1. The van der Waals surface area contributed by atoms with Crippen LogP contribution in [0.3, 0.4) is 0 Å². The topological polar surface area (TPSA) is 41.1 Å². The quantitative estimate of drug-likeness (QED) is 0.874. The summed E-state index contributed by atoms with van der Waals surface area (Å²) in [5.41, 5.74) is 0.124. The summed E-state index contributed by atoms with van der Waals surface area (Å²) in [7, 11) is 1.71. The van der Waals surface area contributed by atoms with Gasteiger partial charge in [0.2, 0.25) is 5.91 Å². The predicted octanol–water partition coefficient (Wildman–Crippen LogP) is 2.20. The van der Waals surface area contributed by atoms with Crippen molar-refractivity contribution in [3.63, 3.8) is 0 Å². The van der Waals surface area contributed by atoms with Crippen LogP contribution in [0.4, 0.5) is 4.39 Å². The maximum absolute atomic E-state index is 13.8. The van der Waals surface area contributed by atoms with E-state index in [9.17, 15) is 9.18 Å². The molecule has 100 valence electrons. The number of hydrogen-bond donors (Lipinski definition) is 2. The summed E-state index contributed by atoms with van der Waals surface area (Å²) in [4.78, 5) is 11.4. The fraction of sp³-hybridized carbons (Fsp3) is 0.462. The Bertz CT molecular complexity index is 435. The molecule has 0 spiro atoms. The molecule has 0 aliphatic heterocycles. The van der Waals surface area contributed by atoms with Crippen LogP contribution in [-0.2, 0) is 10.2 Å². The van der Waals surface area contributed by atoms with Crippen molar-refractivity contribution in [1.82, 2.24) is 10.6 Å². The first kappa shape index (κ1) is 15.1. The Balaban J connectivity index is 2.79. The number of halogens is 2. The molecule has 0 bridgehead atoms. The monoisotopic (exact) mass is 316 g/mol. The molecular formula is C13H18BrFN2O. The average Bonchev–Trinajstić information content (AvgIpc) is 2.30. The van der Waals surface area contributed by atoms with Gasteiger partial charge in [-0.15, -0.1) is 0 Å².